The minimum absolute atomic E-state index is 0.0907. The lowest BCUT2D eigenvalue weighted by Crippen LogP contribution is -2.24. The Kier molecular flexibility index (Phi) is 9.86. The van der Waals surface area contributed by atoms with Crippen molar-refractivity contribution in [3.8, 4) is 17.2 Å². The summed E-state index contributed by atoms with van der Waals surface area (Å²) in [5, 5.41) is 4.03. The Balaban J connectivity index is 1.50. The van der Waals surface area contributed by atoms with Crippen LogP contribution in [0, 0.1) is 3.57 Å². The zero-order chi connectivity index (χ0) is 22.9. The van der Waals surface area contributed by atoms with Crippen molar-refractivity contribution in [3.05, 3.63) is 51.1 Å². The first-order valence-electron chi connectivity index (χ1n) is 10.3. The molecule has 0 saturated carbocycles. The Morgan fingerprint density at radius 1 is 1.28 bits per heavy atom. The average Bonchev–Trinajstić information content (AvgIpc) is 3.34. The van der Waals surface area contributed by atoms with Gasteiger partial charge in [0.15, 0.2) is 18.1 Å². The molecule has 3 rings (SSSR count). The summed E-state index contributed by atoms with van der Waals surface area (Å²) >= 11 is 6.13. The van der Waals surface area contributed by atoms with E-state index in [9.17, 15) is 4.79 Å². The van der Waals surface area contributed by atoms with Crippen LogP contribution in [0.1, 0.15) is 36.0 Å². The number of hydrogen-bond donors (Lipinski definition) is 1. The Bertz CT molecular complexity index is 934. The molecule has 2 aromatic carbocycles. The number of carbonyl (C=O) groups is 1. The molecule has 6 nitrogen and oxygen atoms in total. The highest BCUT2D eigenvalue weighted by molar-refractivity contribution is 14.1. The first-order valence-corrected chi connectivity index (χ1v) is 13.5. The minimum atomic E-state index is -0.328. The van der Waals surface area contributed by atoms with Gasteiger partial charge in [0.05, 0.1) is 27.6 Å². The van der Waals surface area contributed by atoms with E-state index in [0.717, 1.165) is 15.6 Å². The van der Waals surface area contributed by atoms with Crippen LogP contribution < -0.4 is 19.6 Å². The predicted molar refractivity (Wildman–Crippen MR) is 141 cm³/mol. The summed E-state index contributed by atoms with van der Waals surface area (Å²) in [6.07, 6.45) is 2.56. The van der Waals surface area contributed by atoms with Crippen molar-refractivity contribution in [2.45, 2.75) is 31.0 Å². The molecule has 1 atom stereocenters. The molecular formula is C23H27IN2O4S2. The molecule has 0 unspecified atom stereocenters. The summed E-state index contributed by atoms with van der Waals surface area (Å²) in [6, 6.07) is 11.7. The molecular weight excluding hydrogens is 559 g/mol. The van der Waals surface area contributed by atoms with E-state index in [4.69, 9.17) is 14.2 Å². The molecule has 0 bridgehead atoms. The molecule has 0 radical (unpaired) electrons. The summed E-state index contributed by atoms with van der Waals surface area (Å²) in [4.78, 5) is 12.1. The number of ether oxygens (including phenoxy) is 3. The van der Waals surface area contributed by atoms with Gasteiger partial charge in [-0.2, -0.15) is 5.10 Å². The van der Waals surface area contributed by atoms with Gasteiger partial charge in [-0.15, -0.1) is 23.5 Å². The zero-order valence-electron chi connectivity index (χ0n) is 18.3. The predicted octanol–water partition coefficient (Wildman–Crippen LogP) is 5.48. The van der Waals surface area contributed by atoms with Gasteiger partial charge in [0.1, 0.15) is 5.75 Å². The van der Waals surface area contributed by atoms with Gasteiger partial charge in [0.25, 0.3) is 5.91 Å². The Morgan fingerprint density at radius 3 is 2.66 bits per heavy atom. The molecule has 0 aromatic heterocycles. The molecule has 1 N–H and O–H groups in total. The lowest BCUT2D eigenvalue weighted by Gasteiger charge is -2.17. The van der Waals surface area contributed by atoms with Crippen molar-refractivity contribution >= 4 is 58.2 Å². The van der Waals surface area contributed by atoms with Gasteiger partial charge in [0.2, 0.25) is 0 Å². The maximum absolute atomic E-state index is 12.1. The molecule has 1 fully saturated rings. The number of amides is 1. The highest BCUT2D eigenvalue weighted by Gasteiger charge is 2.18. The monoisotopic (exact) mass is 586 g/mol. The number of hydrogen-bond acceptors (Lipinski definition) is 7. The zero-order valence-corrected chi connectivity index (χ0v) is 22.1. The van der Waals surface area contributed by atoms with Gasteiger partial charge in [-0.25, -0.2) is 5.43 Å². The molecule has 32 heavy (non-hydrogen) atoms. The number of methoxy groups -OCH3 is 1. The molecule has 2 aromatic rings. The van der Waals surface area contributed by atoms with Gasteiger partial charge in [-0.1, -0.05) is 19.1 Å². The lowest BCUT2D eigenvalue weighted by molar-refractivity contribution is -0.123. The Hall–Kier alpha value is -1.59. The van der Waals surface area contributed by atoms with Crippen LogP contribution in [-0.2, 0) is 4.79 Å². The fraction of sp³-hybridized carbons (Fsp3) is 0.391. The van der Waals surface area contributed by atoms with Gasteiger partial charge in [-0.05, 0) is 71.3 Å². The molecule has 9 heteroatoms. The molecule has 1 aliphatic heterocycles. The molecule has 1 aliphatic rings. The van der Waals surface area contributed by atoms with E-state index in [1.54, 1.807) is 13.3 Å². The Morgan fingerprint density at radius 2 is 2.00 bits per heavy atom. The number of nitrogens with zero attached hydrogens (tertiary/aromatic N) is 1. The standard InChI is InChI=1S/C23H27IN2O4S2/c1-4-15(2)30-22-19(24)11-16(12-20(22)28-3)13-25-26-21(27)14-29-18-7-5-17(6-8-18)23-31-9-10-32-23/h5-8,11-13,15,23H,4,9-10,14H2,1-3H3,(H,26,27)/b25-13-/t15-/m1/s1. The van der Waals surface area contributed by atoms with E-state index >= 15 is 0 Å². The molecule has 0 aliphatic carbocycles. The van der Waals surface area contributed by atoms with E-state index in [2.05, 4.69) is 52.2 Å². The number of thioether (sulfide) groups is 2. The summed E-state index contributed by atoms with van der Waals surface area (Å²) < 4.78 is 18.4. The SMILES string of the molecule is CC[C@@H](C)Oc1c(I)cc(/C=N\NC(=O)COc2ccc(C3SCCS3)cc2)cc1OC. The van der Waals surface area contributed by atoms with E-state index in [-0.39, 0.29) is 18.6 Å². The fourth-order valence-electron chi connectivity index (χ4n) is 2.85. The lowest BCUT2D eigenvalue weighted by atomic mass is 10.2. The van der Waals surface area contributed by atoms with Crippen LogP contribution in [0.3, 0.4) is 0 Å². The summed E-state index contributed by atoms with van der Waals surface area (Å²) in [5.74, 6) is 4.06. The highest BCUT2D eigenvalue weighted by atomic mass is 127. The third-order valence-electron chi connectivity index (χ3n) is 4.69. The van der Waals surface area contributed by atoms with Crippen LogP contribution in [0.15, 0.2) is 41.5 Å². The normalized spacial score (nSPS) is 15.0. The number of benzene rings is 2. The first kappa shape index (κ1) is 25.0. The van der Waals surface area contributed by atoms with Crippen molar-refractivity contribution in [1.82, 2.24) is 5.43 Å². The van der Waals surface area contributed by atoms with Crippen LogP contribution in [0.2, 0.25) is 0 Å². The van der Waals surface area contributed by atoms with Gasteiger partial charge in [0, 0.05) is 11.5 Å². The molecule has 172 valence electrons. The second-order valence-electron chi connectivity index (χ2n) is 7.10. The van der Waals surface area contributed by atoms with Gasteiger partial charge in [-0.3, -0.25) is 4.79 Å². The highest BCUT2D eigenvalue weighted by Crippen LogP contribution is 2.45. The molecule has 0 spiro atoms. The number of halogens is 1. The van der Waals surface area contributed by atoms with E-state index in [1.807, 2.05) is 54.7 Å². The summed E-state index contributed by atoms with van der Waals surface area (Å²) in [5.41, 5.74) is 4.57. The smallest absolute Gasteiger partial charge is 0.277 e. The van der Waals surface area contributed by atoms with Crippen molar-refractivity contribution in [2.75, 3.05) is 25.2 Å². The van der Waals surface area contributed by atoms with Crippen LogP contribution >= 0.6 is 46.1 Å². The van der Waals surface area contributed by atoms with Crippen molar-refractivity contribution in [2.24, 2.45) is 5.10 Å². The summed E-state index contributed by atoms with van der Waals surface area (Å²) in [6.45, 7) is 3.98. The van der Waals surface area contributed by atoms with Crippen LogP contribution in [0.4, 0.5) is 0 Å². The van der Waals surface area contributed by atoms with Crippen LogP contribution in [0.25, 0.3) is 0 Å². The van der Waals surface area contributed by atoms with E-state index < -0.39 is 0 Å². The van der Waals surface area contributed by atoms with Crippen molar-refractivity contribution in [3.63, 3.8) is 0 Å². The minimum Gasteiger partial charge on any atom is -0.493 e. The van der Waals surface area contributed by atoms with E-state index in [0.29, 0.717) is 21.8 Å². The van der Waals surface area contributed by atoms with Gasteiger partial charge >= 0.3 is 0 Å². The fourth-order valence-corrected chi connectivity index (χ4v) is 6.46. The van der Waals surface area contributed by atoms with Gasteiger partial charge < -0.3 is 14.2 Å². The Labute approximate surface area is 211 Å². The topological polar surface area (TPSA) is 69.2 Å². The van der Waals surface area contributed by atoms with Crippen LogP contribution in [0.5, 0.6) is 17.2 Å². The average molecular weight is 587 g/mol. The maximum Gasteiger partial charge on any atom is 0.277 e. The number of rotatable bonds is 10. The number of nitrogens with one attached hydrogen (secondary N) is 1. The number of hydrazone groups is 1. The van der Waals surface area contributed by atoms with Crippen molar-refractivity contribution in [1.29, 1.82) is 0 Å². The quantitative estimate of drug-likeness (QED) is 0.226. The number of carbonyl (C=O) groups excluding carboxylic acids is 1. The maximum atomic E-state index is 12.1. The largest absolute Gasteiger partial charge is 0.493 e. The molecule has 1 heterocycles. The third-order valence-corrected chi connectivity index (χ3v) is 8.60. The second-order valence-corrected chi connectivity index (χ2v) is 11.0. The molecule has 1 saturated heterocycles. The summed E-state index contributed by atoms with van der Waals surface area (Å²) in [7, 11) is 1.60. The van der Waals surface area contributed by atoms with Crippen molar-refractivity contribution < 1.29 is 19.0 Å². The first-order chi connectivity index (χ1) is 15.5. The van der Waals surface area contributed by atoms with E-state index in [1.165, 1.54) is 17.1 Å². The second kappa shape index (κ2) is 12.6. The third kappa shape index (κ3) is 7.21. The molecule has 1 amide bonds. The van der Waals surface area contributed by atoms with Crippen LogP contribution in [-0.4, -0.2) is 43.4 Å².